The third kappa shape index (κ3) is 8.33. The highest BCUT2D eigenvalue weighted by atomic mass is 16.6. The third-order valence-corrected chi connectivity index (χ3v) is 9.80. The molecule has 3 heterocycles. The lowest BCUT2D eigenvalue weighted by Crippen LogP contribution is -2.56. The Morgan fingerprint density at radius 2 is 1.89 bits per heavy atom. The minimum absolute atomic E-state index is 0.0864. The molecule has 1 aromatic rings. The van der Waals surface area contributed by atoms with Gasteiger partial charge in [-0.3, -0.25) is 19.2 Å². The van der Waals surface area contributed by atoms with Gasteiger partial charge in [-0.25, -0.2) is 0 Å². The van der Waals surface area contributed by atoms with Gasteiger partial charge >= 0.3 is 5.97 Å². The SMILES string of the molecule is C=CCCC(=O)NC[C@H](OC(=O)[C@@H]1[C@H]2C(=O)N(CCCCCCO)[C@H](C(=O)N(CC=C)CCCCC)[C@]23CC[C@H]1O3)c1ccccc1. The molecule has 2 N–H and O–H groups in total. The molecule has 0 aliphatic carbocycles. The first-order valence-electron chi connectivity index (χ1n) is 17.4. The molecule has 3 amide bonds. The van der Waals surface area contributed by atoms with Gasteiger partial charge in [-0.1, -0.05) is 75.1 Å². The van der Waals surface area contributed by atoms with Crippen molar-refractivity contribution < 1.29 is 33.8 Å². The topological polar surface area (TPSA) is 125 Å². The predicted octanol–water partition coefficient (Wildman–Crippen LogP) is 4.49. The number of hydrogen-bond acceptors (Lipinski definition) is 7. The summed E-state index contributed by atoms with van der Waals surface area (Å²) in [5.74, 6) is -2.82. The second-order valence-electron chi connectivity index (χ2n) is 13.0. The summed E-state index contributed by atoms with van der Waals surface area (Å²) < 4.78 is 12.8. The van der Waals surface area contributed by atoms with Gasteiger partial charge in [0, 0.05) is 32.7 Å². The van der Waals surface area contributed by atoms with Gasteiger partial charge in [-0.05, 0) is 44.1 Å². The molecule has 1 aromatic carbocycles. The number of ether oxygens (including phenoxy) is 2. The van der Waals surface area contributed by atoms with Crippen LogP contribution in [0.4, 0.5) is 0 Å². The molecule has 3 aliphatic heterocycles. The number of amides is 3. The van der Waals surface area contributed by atoms with Crippen LogP contribution in [0.5, 0.6) is 0 Å². The van der Waals surface area contributed by atoms with Gasteiger partial charge in [0.15, 0.2) is 0 Å². The van der Waals surface area contributed by atoms with Crippen molar-refractivity contribution in [3.05, 3.63) is 61.2 Å². The Hall–Kier alpha value is -3.50. The standard InChI is InChI=1S/C37H53N3O7/c1-4-7-14-23-39(22-6-3)35(44)33-37-21-20-28(47-37)31(32(37)34(43)40(33)24-15-9-10-16-25-41)36(45)46-29(27-17-12-11-13-18-27)26-38-30(42)19-8-5-2/h5-6,11-13,17-18,28-29,31-33,41H,2-4,7-10,14-16,19-26H2,1H3,(H,38,42)/t28-,29+,31+,32+,33-,37+/m1/s1. The van der Waals surface area contributed by atoms with Crippen LogP contribution < -0.4 is 5.32 Å². The van der Waals surface area contributed by atoms with Crippen LogP contribution in [0.2, 0.25) is 0 Å². The maximum Gasteiger partial charge on any atom is 0.313 e. The Bertz CT molecular complexity index is 1240. The predicted molar refractivity (Wildman–Crippen MR) is 179 cm³/mol. The summed E-state index contributed by atoms with van der Waals surface area (Å²) in [6.45, 7) is 11.1. The first kappa shape index (κ1) is 36.3. The summed E-state index contributed by atoms with van der Waals surface area (Å²) in [7, 11) is 0. The number of nitrogens with one attached hydrogen (secondary N) is 1. The van der Waals surface area contributed by atoms with Gasteiger partial charge in [0.2, 0.25) is 17.7 Å². The number of allylic oxidation sites excluding steroid dienone is 1. The number of unbranched alkanes of at least 4 members (excludes halogenated alkanes) is 5. The molecule has 10 heteroatoms. The average molecular weight is 652 g/mol. The van der Waals surface area contributed by atoms with E-state index >= 15 is 0 Å². The average Bonchev–Trinajstić information content (AvgIpc) is 3.72. The van der Waals surface area contributed by atoms with Gasteiger partial charge < -0.3 is 29.7 Å². The smallest absolute Gasteiger partial charge is 0.313 e. The fourth-order valence-corrected chi connectivity index (χ4v) is 7.50. The third-order valence-electron chi connectivity index (χ3n) is 9.80. The molecule has 47 heavy (non-hydrogen) atoms. The highest BCUT2D eigenvalue weighted by Gasteiger charge is 2.75. The molecule has 1 spiro atoms. The lowest BCUT2D eigenvalue weighted by Gasteiger charge is -2.37. The van der Waals surface area contributed by atoms with E-state index in [1.54, 1.807) is 22.0 Å². The van der Waals surface area contributed by atoms with Crippen LogP contribution in [0.1, 0.15) is 89.2 Å². The zero-order chi connectivity index (χ0) is 33.8. The number of carbonyl (C=O) groups is 4. The Morgan fingerprint density at radius 3 is 2.60 bits per heavy atom. The second kappa shape index (κ2) is 17.6. The van der Waals surface area contributed by atoms with Crippen molar-refractivity contribution in [1.82, 2.24) is 15.1 Å². The molecule has 0 radical (unpaired) electrons. The molecule has 258 valence electrons. The summed E-state index contributed by atoms with van der Waals surface area (Å²) in [6.07, 6.45) is 9.79. The van der Waals surface area contributed by atoms with Crippen LogP contribution in [0.3, 0.4) is 0 Å². The van der Waals surface area contributed by atoms with Crippen molar-refractivity contribution in [3.63, 3.8) is 0 Å². The minimum Gasteiger partial charge on any atom is -0.455 e. The van der Waals surface area contributed by atoms with Gasteiger partial charge in [0.1, 0.15) is 17.7 Å². The van der Waals surface area contributed by atoms with Crippen LogP contribution in [0, 0.1) is 11.8 Å². The van der Waals surface area contributed by atoms with E-state index in [1.807, 2.05) is 30.3 Å². The Kier molecular flexibility index (Phi) is 13.6. The van der Waals surface area contributed by atoms with Crippen molar-refractivity contribution in [2.75, 3.05) is 32.8 Å². The van der Waals surface area contributed by atoms with Crippen molar-refractivity contribution in [3.8, 4) is 0 Å². The number of aliphatic hydroxyl groups is 1. The number of aliphatic hydroxyl groups excluding tert-OH is 1. The number of hydrogen-bond donors (Lipinski definition) is 2. The fourth-order valence-electron chi connectivity index (χ4n) is 7.50. The first-order chi connectivity index (χ1) is 22.8. The molecule has 3 aliphatic rings. The molecule has 0 unspecified atom stereocenters. The number of rotatable bonds is 21. The lowest BCUT2D eigenvalue weighted by molar-refractivity contribution is -0.160. The fraction of sp³-hybridized carbons (Fsp3) is 0.622. The van der Waals surface area contributed by atoms with Crippen LogP contribution in [0.25, 0.3) is 0 Å². The van der Waals surface area contributed by atoms with Gasteiger partial charge in [-0.2, -0.15) is 0 Å². The summed E-state index contributed by atoms with van der Waals surface area (Å²) in [6, 6.07) is 8.40. The Labute approximate surface area is 279 Å². The number of fused-ring (bicyclic) bond motifs is 1. The molecule has 0 aromatic heterocycles. The summed E-state index contributed by atoms with van der Waals surface area (Å²) in [5.41, 5.74) is -0.384. The van der Waals surface area contributed by atoms with Gasteiger partial charge in [0.25, 0.3) is 0 Å². The van der Waals surface area contributed by atoms with Crippen molar-refractivity contribution in [2.45, 2.75) is 101 Å². The molecular weight excluding hydrogens is 598 g/mol. The first-order valence-corrected chi connectivity index (χ1v) is 17.4. The molecule has 3 fully saturated rings. The molecule has 0 saturated carbocycles. The highest BCUT2D eigenvalue weighted by Crippen LogP contribution is 2.59. The molecule has 4 rings (SSSR count). The van der Waals surface area contributed by atoms with Crippen molar-refractivity contribution >= 4 is 23.7 Å². The largest absolute Gasteiger partial charge is 0.455 e. The summed E-state index contributed by atoms with van der Waals surface area (Å²) in [5, 5.41) is 12.1. The maximum atomic E-state index is 14.4. The summed E-state index contributed by atoms with van der Waals surface area (Å²) in [4.78, 5) is 58.8. The Balaban J connectivity index is 1.60. The monoisotopic (exact) mass is 651 g/mol. The highest BCUT2D eigenvalue weighted by molar-refractivity contribution is 5.98. The van der Waals surface area contributed by atoms with E-state index < -0.39 is 41.7 Å². The van der Waals surface area contributed by atoms with E-state index in [0.717, 1.165) is 37.7 Å². The van der Waals surface area contributed by atoms with Crippen LogP contribution in [0.15, 0.2) is 55.6 Å². The van der Waals surface area contributed by atoms with E-state index in [2.05, 4.69) is 25.4 Å². The lowest BCUT2D eigenvalue weighted by atomic mass is 9.70. The van der Waals surface area contributed by atoms with Gasteiger partial charge in [0.05, 0.1) is 24.5 Å². The number of likely N-dealkylation sites (tertiary alicyclic amines) is 1. The molecule has 2 bridgehead atoms. The van der Waals surface area contributed by atoms with E-state index in [4.69, 9.17) is 9.47 Å². The summed E-state index contributed by atoms with van der Waals surface area (Å²) >= 11 is 0. The molecule has 3 saturated heterocycles. The van der Waals surface area contributed by atoms with Crippen LogP contribution in [-0.4, -0.2) is 89.1 Å². The van der Waals surface area contributed by atoms with E-state index in [1.165, 1.54) is 0 Å². The zero-order valence-corrected chi connectivity index (χ0v) is 27.9. The van der Waals surface area contributed by atoms with Crippen molar-refractivity contribution in [2.24, 2.45) is 11.8 Å². The number of benzene rings is 1. The zero-order valence-electron chi connectivity index (χ0n) is 27.9. The normalized spacial score (nSPS) is 24.9. The van der Waals surface area contributed by atoms with E-state index in [0.29, 0.717) is 51.7 Å². The van der Waals surface area contributed by atoms with Crippen molar-refractivity contribution in [1.29, 1.82) is 0 Å². The molecular formula is C37H53N3O7. The second-order valence-corrected chi connectivity index (χ2v) is 13.0. The quantitative estimate of drug-likeness (QED) is 0.114. The van der Waals surface area contributed by atoms with E-state index in [-0.39, 0.29) is 37.3 Å². The number of esters is 1. The van der Waals surface area contributed by atoms with Gasteiger partial charge in [-0.15, -0.1) is 13.2 Å². The maximum absolute atomic E-state index is 14.4. The Morgan fingerprint density at radius 1 is 1.13 bits per heavy atom. The minimum atomic E-state index is -1.11. The van der Waals surface area contributed by atoms with E-state index in [9.17, 15) is 24.3 Å². The number of carbonyl (C=O) groups excluding carboxylic acids is 4. The molecule has 10 nitrogen and oxygen atoms in total. The van der Waals surface area contributed by atoms with Crippen LogP contribution >= 0.6 is 0 Å². The molecule has 6 atom stereocenters. The van der Waals surface area contributed by atoms with Crippen LogP contribution in [-0.2, 0) is 28.7 Å². The number of nitrogens with zero attached hydrogens (tertiary/aromatic N) is 2.